The van der Waals surface area contributed by atoms with Gasteiger partial charge in [0.1, 0.15) is 5.82 Å². The minimum Gasteiger partial charge on any atom is -0.314 e. The highest BCUT2D eigenvalue weighted by Crippen LogP contribution is 2.16. The molecular weight excluding hydrogens is 239 g/mol. The zero-order valence-electron chi connectivity index (χ0n) is 12.2. The fraction of sp³-hybridized carbons (Fsp3) is 0.625. The molecular formula is C16H25FN2. The lowest BCUT2D eigenvalue weighted by Crippen LogP contribution is -2.53. The van der Waals surface area contributed by atoms with Gasteiger partial charge < -0.3 is 5.32 Å². The molecule has 0 bridgehead atoms. The Morgan fingerprint density at radius 1 is 1.42 bits per heavy atom. The van der Waals surface area contributed by atoms with Crippen molar-refractivity contribution in [3.8, 4) is 0 Å². The molecule has 1 aromatic rings. The van der Waals surface area contributed by atoms with Crippen molar-refractivity contribution in [1.82, 2.24) is 10.2 Å². The van der Waals surface area contributed by atoms with Gasteiger partial charge in [-0.2, -0.15) is 0 Å². The zero-order valence-corrected chi connectivity index (χ0v) is 12.2. The van der Waals surface area contributed by atoms with Gasteiger partial charge in [-0.1, -0.05) is 19.9 Å². The summed E-state index contributed by atoms with van der Waals surface area (Å²) in [6.45, 7) is 10.9. The Bertz CT molecular complexity index is 417. The van der Waals surface area contributed by atoms with E-state index in [0.717, 1.165) is 38.2 Å². The highest BCUT2D eigenvalue weighted by atomic mass is 19.1. The summed E-state index contributed by atoms with van der Waals surface area (Å²) in [4.78, 5) is 2.57. The molecule has 3 heteroatoms. The van der Waals surface area contributed by atoms with Gasteiger partial charge in [-0.15, -0.1) is 0 Å². The highest BCUT2D eigenvalue weighted by molar-refractivity contribution is 5.26. The molecule has 0 aromatic heterocycles. The maximum Gasteiger partial charge on any atom is 0.123 e. The number of nitrogens with zero attached hydrogens (tertiary/aromatic N) is 1. The van der Waals surface area contributed by atoms with Gasteiger partial charge in [-0.25, -0.2) is 4.39 Å². The van der Waals surface area contributed by atoms with E-state index in [1.807, 2.05) is 13.0 Å². The summed E-state index contributed by atoms with van der Waals surface area (Å²) in [7, 11) is 0. The summed E-state index contributed by atoms with van der Waals surface area (Å²) >= 11 is 0. The summed E-state index contributed by atoms with van der Waals surface area (Å²) in [5, 5.41) is 3.47. The zero-order chi connectivity index (χ0) is 13.8. The third-order valence-corrected chi connectivity index (χ3v) is 4.14. The normalized spacial score (nSPS) is 21.0. The van der Waals surface area contributed by atoms with E-state index in [9.17, 15) is 4.39 Å². The summed E-state index contributed by atoms with van der Waals surface area (Å²) in [6, 6.07) is 5.75. The van der Waals surface area contributed by atoms with Crippen molar-refractivity contribution in [1.29, 1.82) is 0 Å². The van der Waals surface area contributed by atoms with Crippen LogP contribution in [0.1, 0.15) is 25.0 Å². The van der Waals surface area contributed by atoms with E-state index in [2.05, 4.69) is 24.1 Å². The van der Waals surface area contributed by atoms with Gasteiger partial charge in [0.2, 0.25) is 0 Å². The van der Waals surface area contributed by atoms with E-state index >= 15 is 0 Å². The second kappa shape index (κ2) is 6.49. The third kappa shape index (κ3) is 3.77. The molecule has 1 unspecified atom stereocenters. The summed E-state index contributed by atoms with van der Waals surface area (Å²) < 4.78 is 13.1. The number of hydrogen-bond acceptors (Lipinski definition) is 2. The van der Waals surface area contributed by atoms with E-state index in [-0.39, 0.29) is 5.82 Å². The average molecular weight is 264 g/mol. The van der Waals surface area contributed by atoms with Crippen LogP contribution in [-0.2, 0) is 6.42 Å². The number of benzene rings is 1. The van der Waals surface area contributed by atoms with E-state index < -0.39 is 0 Å². The number of piperazine rings is 1. The fourth-order valence-electron chi connectivity index (χ4n) is 2.91. The van der Waals surface area contributed by atoms with Crippen LogP contribution in [0, 0.1) is 18.7 Å². The van der Waals surface area contributed by atoms with Crippen LogP contribution in [0.5, 0.6) is 0 Å². The molecule has 1 atom stereocenters. The lowest BCUT2D eigenvalue weighted by molar-refractivity contribution is 0.126. The van der Waals surface area contributed by atoms with Gasteiger partial charge in [0, 0.05) is 32.2 Å². The molecule has 1 fully saturated rings. The maximum atomic E-state index is 13.1. The van der Waals surface area contributed by atoms with Crippen molar-refractivity contribution in [2.75, 3.05) is 26.2 Å². The Morgan fingerprint density at radius 2 is 2.21 bits per heavy atom. The second-order valence-electron chi connectivity index (χ2n) is 5.87. The molecule has 1 saturated heterocycles. The quantitative estimate of drug-likeness (QED) is 0.899. The van der Waals surface area contributed by atoms with E-state index in [4.69, 9.17) is 0 Å². The lowest BCUT2D eigenvalue weighted by Gasteiger charge is -2.38. The molecule has 1 N–H and O–H groups in total. The Balaban J connectivity index is 1.96. The first-order valence-corrected chi connectivity index (χ1v) is 7.27. The van der Waals surface area contributed by atoms with Crippen molar-refractivity contribution >= 4 is 0 Å². The molecule has 0 spiro atoms. The minimum absolute atomic E-state index is 0.136. The molecule has 1 aliphatic heterocycles. The van der Waals surface area contributed by atoms with E-state index in [1.54, 1.807) is 12.1 Å². The van der Waals surface area contributed by atoms with Crippen LogP contribution in [0.2, 0.25) is 0 Å². The van der Waals surface area contributed by atoms with Crippen LogP contribution in [0.25, 0.3) is 0 Å². The van der Waals surface area contributed by atoms with Crippen molar-refractivity contribution < 1.29 is 4.39 Å². The number of aryl methyl sites for hydroxylation is 1. The fourth-order valence-corrected chi connectivity index (χ4v) is 2.91. The van der Waals surface area contributed by atoms with Crippen molar-refractivity contribution in [2.24, 2.45) is 5.92 Å². The molecule has 2 rings (SSSR count). The number of rotatable bonds is 4. The molecule has 2 nitrogen and oxygen atoms in total. The summed E-state index contributed by atoms with van der Waals surface area (Å²) in [6.07, 6.45) is 1.01. The molecule has 0 radical (unpaired) electrons. The predicted molar refractivity (Wildman–Crippen MR) is 77.9 cm³/mol. The van der Waals surface area contributed by atoms with E-state index in [0.29, 0.717) is 12.0 Å². The third-order valence-electron chi connectivity index (χ3n) is 4.14. The predicted octanol–water partition coefficient (Wildman–Crippen LogP) is 2.61. The summed E-state index contributed by atoms with van der Waals surface area (Å²) in [5.74, 6) is 0.533. The number of nitrogens with one attached hydrogen (secondary N) is 1. The molecule has 19 heavy (non-hydrogen) atoms. The SMILES string of the molecule is Cc1cc(F)ccc1CCN1CCNCC1C(C)C. The average Bonchev–Trinajstić information content (AvgIpc) is 2.38. The Morgan fingerprint density at radius 3 is 2.89 bits per heavy atom. The highest BCUT2D eigenvalue weighted by Gasteiger charge is 2.24. The molecule has 1 aromatic carbocycles. The summed E-state index contributed by atoms with van der Waals surface area (Å²) in [5.41, 5.74) is 2.33. The standard InChI is InChI=1S/C16H25FN2/c1-12(2)16-11-18-7-9-19(16)8-6-14-4-5-15(17)10-13(14)3/h4-5,10,12,16,18H,6-9,11H2,1-3H3. The van der Waals surface area contributed by atoms with Crippen LogP contribution in [0.15, 0.2) is 18.2 Å². The van der Waals surface area contributed by atoms with Crippen molar-refractivity contribution in [3.63, 3.8) is 0 Å². The Labute approximate surface area is 116 Å². The number of halogens is 1. The molecule has 0 saturated carbocycles. The molecule has 1 aliphatic rings. The largest absolute Gasteiger partial charge is 0.314 e. The van der Waals surface area contributed by atoms with E-state index in [1.165, 1.54) is 5.56 Å². The van der Waals surface area contributed by atoms with Crippen LogP contribution < -0.4 is 5.32 Å². The Kier molecular flexibility index (Phi) is 4.94. The Hall–Kier alpha value is -0.930. The van der Waals surface area contributed by atoms with Crippen LogP contribution >= 0.6 is 0 Å². The van der Waals surface area contributed by atoms with Crippen LogP contribution in [0.3, 0.4) is 0 Å². The van der Waals surface area contributed by atoms with Crippen LogP contribution in [-0.4, -0.2) is 37.1 Å². The monoisotopic (exact) mass is 264 g/mol. The molecule has 1 heterocycles. The van der Waals surface area contributed by atoms with Gasteiger partial charge in [0.05, 0.1) is 0 Å². The molecule has 106 valence electrons. The van der Waals surface area contributed by atoms with Crippen molar-refractivity contribution in [2.45, 2.75) is 33.2 Å². The smallest absolute Gasteiger partial charge is 0.123 e. The minimum atomic E-state index is -0.136. The number of hydrogen-bond donors (Lipinski definition) is 1. The topological polar surface area (TPSA) is 15.3 Å². The van der Waals surface area contributed by atoms with Crippen molar-refractivity contribution in [3.05, 3.63) is 35.1 Å². The lowest BCUT2D eigenvalue weighted by atomic mass is 9.99. The van der Waals surface area contributed by atoms with Gasteiger partial charge >= 0.3 is 0 Å². The van der Waals surface area contributed by atoms with Gasteiger partial charge in [0.25, 0.3) is 0 Å². The van der Waals surface area contributed by atoms with Gasteiger partial charge in [-0.3, -0.25) is 4.90 Å². The first kappa shape index (κ1) is 14.5. The first-order chi connectivity index (χ1) is 9.08. The van der Waals surface area contributed by atoms with Crippen LogP contribution in [0.4, 0.5) is 4.39 Å². The van der Waals surface area contributed by atoms with Gasteiger partial charge in [-0.05, 0) is 42.5 Å². The van der Waals surface area contributed by atoms with Gasteiger partial charge in [0.15, 0.2) is 0 Å². The second-order valence-corrected chi connectivity index (χ2v) is 5.87. The molecule has 0 amide bonds. The maximum absolute atomic E-state index is 13.1. The first-order valence-electron chi connectivity index (χ1n) is 7.27. The molecule has 0 aliphatic carbocycles.